The molecule has 0 fully saturated rings. The molecule has 1 unspecified atom stereocenters. The first-order valence-electron chi connectivity index (χ1n) is 5.47. The number of anilines is 1. The van der Waals surface area contributed by atoms with Gasteiger partial charge in [0.25, 0.3) is 0 Å². The van der Waals surface area contributed by atoms with Gasteiger partial charge < -0.3 is 10.1 Å². The Kier molecular flexibility index (Phi) is 2.07. The van der Waals surface area contributed by atoms with E-state index in [1.165, 1.54) is 5.56 Å². The van der Waals surface area contributed by atoms with E-state index in [0.29, 0.717) is 0 Å². The van der Waals surface area contributed by atoms with E-state index < -0.39 is 0 Å². The van der Waals surface area contributed by atoms with Crippen molar-refractivity contribution in [2.75, 3.05) is 5.32 Å². The number of ether oxygens (including phenoxy) is 1. The van der Waals surface area contributed by atoms with Gasteiger partial charge in [0, 0.05) is 5.56 Å². The van der Waals surface area contributed by atoms with E-state index in [9.17, 15) is 0 Å². The van der Waals surface area contributed by atoms with Gasteiger partial charge in [-0.15, -0.1) is 0 Å². The Morgan fingerprint density at radius 2 is 1.62 bits per heavy atom. The molecule has 0 amide bonds. The van der Waals surface area contributed by atoms with E-state index in [-0.39, 0.29) is 6.04 Å². The summed E-state index contributed by atoms with van der Waals surface area (Å²) in [6.45, 7) is 2.14. The zero-order chi connectivity index (χ0) is 11.0. The van der Waals surface area contributed by atoms with E-state index in [2.05, 4.69) is 18.3 Å². The fraction of sp³-hybridized carbons (Fsp3) is 0.143. The van der Waals surface area contributed by atoms with E-state index >= 15 is 0 Å². The number of fused-ring (bicyclic) bond motifs is 2. The van der Waals surface area contributed by atoms with Crippen molar-refractivity contribution < 1.29 is 4.74 Å². The molecule has 3 rings (SSSR count). The second-order valence-electron chi connectivity index (χ2n) is 4.00. The van der Waals surface area contributed by atoms with Gasteiger partial charge in [-0.1, -0.05) is 30.3 Å². The standard InChI is InChI=1S/C14H13NO/c1-10-11-6-2-4-8-13(11)16-14-9-5-3-7-12(14)15-10/h2-10,15H,1H3. The molecule has 2 heteroatoms. The Balaban J connectivity index is 2.15. The molecule has 0 spiro atoms. The van der Waals surface area contributed by atoms with Crippen molar-refractivity contribution in [3.8, 4) is 11.5 Å². The van der Waals surface area contributed by atoms with E-state index in [0.717, 1.165) is 17.2 Å². The van der Waals surface area contributed by atoms with E-state index in [1.54, 1.807) is 0 Å². The van der Waals surface area contributed by atoms with Crippen LogP contribution in [0.5, 0.6) is 11.5 Å². The third-order valence-corrected chi connectivity index (χ3v) is 2.86. The lowest BCUT2D eigenvalue weighted by Gasteiger charge is -2.12. The number of para-hydroxylation sites is 3. The summed E-state index contributed by atoms with van der Waals surface area (Å²) in [5.41, 5.74) is 2.24. The first-order valence-corrected chi connectivity index (χ1v) is 5.47. The average Bonchev–Trinajstić information content (AvgIpc) is 2.45. The topological polar surface area (TPSA) is 21.3 Å². The van der Waals surface area contributed by atoms with Crippen molar-refractivity contribution >= 4 is 5.69 Å². The molecule has 2 aromatic rings. The summed E-state index contributed by atoms with van der Waals surface area (Å²) in [6, 6.07) is 16.4. The summed E-state index contributed by atoms with van der Waals surface area (Å²) < 4.78 is 5.91. The summed E-state index contributed by atoms with van der Waals surface area (Å²) in [6.07, 6.45) is 0. The van der Waals surface area contributed by atoms with Crippen LogP contribution in [0, 0.1) is 0 Å². The van der Waals surface area contributed by atoms with Crippen molar-refractivity contribution in [3.05, 3.63) is 54.1 Å². The molecule has 0 aromatic heterocycles. The van der Waals surface area contributed by atoms with Gasteiger partial charge in [-0.2, -0.15) is 0 Å². The number of hydrogen-bond acceptors (Lipinski definition) is 2. The van der Waals surface area contributed by atoms with Gasteiger partial charge in [0.05, 0.1) is 11.7 Å². The predicted octanol–water partition coefficient (Wildman–Crippen LogP) is 3.97. The van der Waals surface area contributed by atoms with Crippen LogP contribution in [-0.4, -0.2) is 0 Å². The Labute approximate surface area is 94.9 Å². The second kappa shape index (κ2) is 3.56. The highest BCUT2D eigenvalue weighted by atomic mass is 16.5. The molecular formula is C14H13NO. The zero-order valence-electron chi connectivity index (χ0n) is 9.10. The summed E-state index contributed by atoms with van der Waals surface area (Å²) in [5, 5.41) is 3.45. The number of hydrogen-bond donors (Lipinski definition) is 1. The molecule has 80 valence electrons. The van der Waals surface area contributed by atoms with Crippen LogP contribution in [0.2, 0.25) is 0 Å². The molecule has 2 aromatic carbocycles. The van der Waals surface area contributed by atoms with Gasteiger partial charge in [-0.25, -0.2) is 0 Å². The Morgan fingerprint density at radius 3 is 2.50 bits per heavy atom. The first-order chi connectivity index (χ1) is 7.84. The second-order valence-corrected chi connectivity index (χ2v) is 4.00. The van der Waals surface area contributed by atoms with Crippen LogP contribution in [0.1, 0.15) is 18.5 Å². The maximum atomic E-state index is 5.91. The molecule has 16 heavy (non-hydrogen) atoms. The molecule has 0 saturated heterocycles. The molecule has 0 bridgehead atoms. The fourth-order valence-corrected chi connectivity index (χ4v) is 2.04. The maximum absolute atomic E-state index is 5.91. The van der Waals surface area contributed by atoms with Crippen molar-refractivity contribution in [2.45, 2.75) is 13.0 Å². The minimum atomic E-state index is 0.264. The molecular weight excluding hydrogens is 198 g/mol. The number of rotatable bonds is 0. The first kappa shape index (κ1) is 9.28. The Hall–Kier alpha value is -1.96. The molecule has 1 heterocycles. The van der Waals surface area contributed by atoms with Crippen LogP contribution >= 0.6 is 0 Å². The third kappa shape index (κ3) is 1.43. The molecule has 0 radical (unpaired) electrons. The number of nitrogens with one attached hydrogen (secondary N) is 1. The third-order valence-electron chi connectivity index (χ3n) is 2.86. The molecule has 1 N–H and O–H groups in total. The minimum absolute atomic E-state index is 0.264. The SMILES string of the molecule is CC1Nc2ccccc2Oc2ccccc21. The largest absolute Gasteiger partial charge is 0.455 e. The highest BCUT2D eigenvalue weighted by Crippen LogP contribution is 2.39. The summed E-state index contributed by atoms with van der Waals surface area (Å²) in [5.74, 6) is 1.83. The van der Waals surface area contributed by atoms with Crippen LogP contribution in [0.3, 0.4) is 0 Å². The van der Waals surface area contributed by atoms with Crippen LogP contribution in [0.4, 0.5) is 5.69 Å². The molecule has 0 saturated carbocycles. The highest BCUT2D eigenvalue weighted by molar-refractivity contribution is 5.61. The molecule has 0 aliphatic carbocycles. The lowest BCUT2D eigenvalue weighted by Crippen LogP contribution is -2.04. The summed E-state index contributed by atoms with van der Waals surface area (Å²) in [4.78, 5) is 0. The lowest BCUT2D eigenvalue weighted by atomic mass is 10.1. The average molecular weight is 211 g/mol. The number of benzene rings is 2. The lowest BCUT2D eigenvalue weighted by molar-refractivity contribution is 0.482. The molecule has 1 aliphatic rings. The highest BCUT2D eigenvalue weighted by Gasteiger charge is 2.18. The van der Waals surface area contributed by atoms with Crippen LogP contribution in [0.25, 0.3) is 0 Å². The smallest absolute Gasteiger partial charge is 0.150 e. The van der Waals surface area contributed by atoms with Crippen LogP contribution in [-0.2, 0) is 0 Å². The van der Waals surface area contributed by atoms with Gasteiger partial charge >= 0.3 is 0 Å². The predicted molar refractivity (Wildman–Crippen MR) is 65.0 cm³/mol. The summed E-state index contributed by atoms with van der Waals surface area (Å²) in [7, 11) is 0. The van der Waals surface area contributed by atoms with E-state index in [1.807, 2.05) is 42.5 Å². The normalized spacial score (nSPS) is 17.4. The minimum Gasteiger partial charge on any atom is -0.455 e. The van der Waals surface area contributed by atoms with Gasteiger partial charge in [0.15, 0.2) is 5.75 Å². The molecule has 1 aliphatic heterocycles. The van der Waals surface area contributed by atoms with Crippen LogP contribution in [0.15, 0.2) is 48.5 Å². The quantitative estimate of drug-likeness (QED) is 0.712. The van der Waals surface area contributed by atoms with Crippen molar-refractivity contribution in [2.24, 2.45) is 0 Å². The Morgan fingerprint density at radius 1 is 0.938 bits per heavy atom. The van der Waals surface area contributed by atoms with E-state index in [4.69, 9.17) is 4.74 Å². The fourth-order valence-electron chi connectivity index (χ4n) is 2.04. The molecule has 2 nitrogen and oxygen atoms in total. The van der Waals surface area contributed by atoms with Crippen molar-refractivity contribution in [1.82, 2.24) is 0 Å². The summed E-state index contributed by atoms with van der Waals surface area (Å²) >= 11 is 0. The van der Waals surface area contributed by atoms with Crippen molar-refractivity contribution in [1.29, 1.82) is 0 Å². The van der Waals surface area contributed by atoms with Crippen LogP contribution < -0.4 is 10.1 Å². The van der Waals surface area contributed by atoms with Gasteiger partial charge in [-0.05, 0) is 25.1 Å². The maximum Gasteiger partial charge on any atom is 0.150 e. The monoisotopic (exact) mass is 211 g/mol. The van der Waals surface area contributed by atoms with Gasteiger partial charge in [0.2, 0.25) is 0 Å². The van der Waals surface area contributed by atoms with Gasteiger partial charge in [-0.3, -0.25) is 0 Å². The van der Waals surface area contributed by atoms with Gasteiger partial charge in [0.1, 0.15) is 5.75 Å². The molecule has 1 atom stereocenters. The zero-order valence-corrected chi connectivity index (χ0v) is 9.10. The van der Waals surface area contributed by atoms with Crippen molar-refractivity contribution in [3.63, 3.8) is 0 Å². The Bertz CT molecular complexity index is 522.